The fourth-order valence-electron chi connectivity index (χ4n) is 4.32. The van der Waals surface area contributed by atoms with Crippen molar-refractivity contribution in [1.29, 1.82) is 0 Å². The molecule has 0 radical (unpaired) electrons. The lowest BCUT2D eigenvalue weighted by molar-refractivity contribution is -0.117. The zero-order chi connectivity index (χ0) is 24.5. The van der Waals surface area contributed by atoms with Crippen LogP contribution in [0.3, 0.4) is 0 Å². The third kappa shape index (κ3) is 4.88. The summed E-state index contributed by atoms with van der Waals surface area (Å²) >= 11 is 0. The van der Waals surface area contributed by atoms with Crippen molar-refractivity contribution >= 4 is 32.7 Å². The van der Waals surface area contributed by atoms with Gasteiger partial charge in [0, 0.05) is 37.3 Å². The predicted octanol–water partition coefficient (Wildman–Crippen LogP) is 3.61. The van der Waals surface area contributed by atoms with Crippen molar-refractivity contribution in [1.82, 2.24) is 8.87 Å². The fourth-order valence-corrected chi connectivity index (χ4v) is 5.80. The summed E-state index contributed by atoms with van der Waals surface area (Å²) in [5.41, 5.74) is 1.52. The highest BCUT2D eigenvalue weighted by Gasteiger charge is 2.31. The summed E-state index contributed by atoms with van der Waals surface area (Å²) in [7, 11) is -2.15. The number of carbonyl (C=O) groups is 1. The minimum atomic E-state index is -3.73. The number of aromatic nitrogens is 1. The van der Waals surface area contributed by atoms with Crippen LogP contribution in [0.2, 0.25) is 0 Å². The molecule has 2 heterocycles. The normalized spacial score (nSPS) is 15.6. The van der Waals surface area contributed by atoms with Gasteiger partial charge in [0.2, 0.25) is 15.9 Å². The predicted molar refractivity (Wildman–Crippen MR) is 129 cm³/mol. The van der Waals surface area contributed by atoms with Gasteiger partial charge < -0.3 is 14.5 Å². The zero-order valence-electron chi connectivity index (χ0n) is 19.5. The maximum atomic E-state index is 13.2. The number of nitrogens with zero attached hydrogens (tertiary/aromatic N) is 2. The van der Waals surface area contributed by atoms with Gasteiger partial charge in [0.1, 0.15) is 5.75 Å². The molecule has 0 spiro atoms. The summed E-state index contributed by atoms with van der Waals surface area (Å²) in [4.78, 5) is 24.6. The van der Waals surface area contributed by atoms with Crippen LogP contribution < -0.4 is 15.8 Å². The molecule has 1 aliphatic rings. The Balaban J connectivity index is 1.38. The lowest BCUT2D eigenvalue weighted by Crippen LogP contribution is -2.39. The van der Waals surface area contributed by atoms with Crippen molar-refractivity contribution in [3.63, 3.8) is 0 Å². The molecule has 1 N–H and O–H groups in total. The number of amides is 1. The number of hydrogen-bond acceptors (Lipinski definition) is 6. The second-order valence-electron chi connectivity index (χ2n) is 8.79. The van der Waals surface area contributed by atoms with E-state index in [2.05, 4.69) is 5.32 Å². The zero-order valence-corrected chi connectivity index (χ0v) is 20.3. The first-order chi connectivity index (χ1) is 16.2. The molecule has 34 heavy (non-hydrogen) atoms. The van der Waals surface area contributed by atoms with E-state index >= 15 is 0 Å². The number of fused-ring (bicyclic) bond motifs is 1. The molecule has 1 aliphatic heterocycles. The average Bonchev–Trinajstić information content (AvgIpc) is 3.15. The second kappa shape index (κ2) is 9.63. The van der Waals surface area contributed by atoms with Gasteiger partial charge >= 0.3 is 5.76 Å². The maximum Gasteiger partial charge on any atom is 0.420 e. The Morgan fingerprint density at radius 3 is 2.44 bits per heavy atom. The van der Waals surface area contributed by atoms with Gasteiger partial charge in [0.15, 0.2) is 5.58 Å². The smallest absolute Gasteiger partial charge is 0.420 e. The van der Waals surface area contributed by atoms with Crippen LogP contribution in [0.1, 0.15) is 39.2 Å². The van der Waals surface area contributed by atoms with Crippen LogP contribution in [-0.4, -0.2) is 43.4 Å². The third-order valence-corrected chi connectivity index (χ3v) is 8.05. The van der Waals surface area contributed by atoms with Crippen molar-refractivity contribution in [3.8, 4) is 5.75 Å². The Morgan fingerprint density at radius 1 is 1.15 bits per heavy atom. The number of carbonyl (C=O) groups excluding carboxylic acids is 1. The van der Waals surface area contributed by atoms with Crippen molar-refractivity contribution in [3.05, 3.63) is 53.0 Å². The molecule has 1 amide bonds. The molecular weight excluding hydrogens is 458 g/mol. The van der Waals surface area contributed by atoms with Gasteiger partial charge in [-0.2, -0.15) is 4.31 Å². The molecule has 0 saturated carbocycles. The number of oxazole rings is 1. The Hall–Kier alpha value is -3.11. The minimum absolute atomic E-state index is 0.0957. The molecule has 3 aromatic rings. The molecule has 1 aromatic heterocycles. The van der Waals surface area contributed by atoms with Gasteiger partial charge in [-0.05, 0) is 69.0 Å². The molecule has 1 fully saturated rings. The molecule has 4 rings (SSSR count). The summed E-state index contributed by atoms with van der Waals surface area (Å²) in [6.45, 7) is 4.39. The van der Waals surface area contributed by atoms with Gasteiger partial charge in [-0.15, -0.1) is 0 Å². The SMILES string of the molecule is COc1ccc(NC(=O)CC2CCN(S(=O)(=O)c3ccc4c(c3)oc(=O)n4C(C)C)CC2)cc1. The van der Waals surface area contributed by atoms with E-state index in [-0.39, 0.29) is 28.3 Å². The molecule has 182 valence electrons. The summed E-state index contributed by atoms with van der Waals surface area (Å²) in [6, 6.07) is 11.6. The molecule has 10 heteroatoms. The van der Waals surface area contributed by atoms with Gasteiger partial charge in [0.05, 0.1) is 17.5 Å². The van der Waals surface area contributed by atoms with E-state index < -0.39 is 15.8 Å². The summed E-state index contributed by atoms with van der Waals surface area (Å²) in [6.07, 6.45) is 1.52. The molecular formula is C24H29N3O6S. The number of rotatable bonds is 7. The molecule has 2 aromatic carbocycles. The molecule has 0 atom stereocenters. The average molecular weight is 488 g/mol. The summed E-state index contributed by atoms with van der Waals surface area (Å²) in [5.74, 6) is 0.213. The Morgan fingerprint density at radius 2 is 1.82 bits per heavy atom. The first-order valence-corrected chi connectivity index (χ1v) is 12.7. The van der Waals surface area contributed by atoms with Crippen LogP contribution in [-0.2, 0) is 14.8 Å². The minimum Gasteiger partial charge on any atom is -0.497 e. The third-order valence-electron chi connectivity index (χ3n) is 6.16. The van der Waals surface area contributed by atoms with E-state index in [1.807, 2.05) is 13.8 Å². The maximum absolute atomic E-state index is 13.2. The van der Waals surface area contributed by atoms with Crippen LogP contribution in [0.15, 0.2) is 56.6 Å². The topological polar surface area (TPSA) is 111 Å². The largest absolute Gasteiger partial charge is 0.497 e. The number of piperidine rings is 1. The molecule has 0 bridgehead atoms. The van der Waals surface area contributed by atoms with Crippen molar-refractivity contribution in [2.24, 2.45) is 5.92 Å². The lowest BCUT2D eigenvalue weighted by Gasteiger charge is -2.31. The number of methoxy groups -OCH3 is 1. The monoisotopic (exact) mass is 487 g/mol. The van der Waals surface area contributed by atoms with Crippen LogP contribution in [0.5, 0.6) is 5.75 Å². The number of ether oxygens (including phenoxy) is 1. The first kappa shape index (κ1) is 24.0. The molecule has 0 aliphatic carbocycles. The van der Waals surface area contributed by atoms with Crippen molar-refractivity contribution in [2.75, 3.05) is 25.5 Å². The fraction of sp³-hybridized carbons (Fsp3) is 0.417. The van der Waals surface area contributed by atoms with Gasteiger partial charge in [0.25, 0.3) is 0 Å². The summed E-state index contributed by atoms with van der Waals surface area (Å²) < 4.78 is 39.7. The van der Waals surface area contributed by atoms with E-state index in [1.54, 1.807) is 37.4 Å². The van der Waals surface area contributed by atoms with Crippen molar-refractivity contribution < 1.29 is 22.4 Å². The van der Waals surface area contributed by atoms with E-state index in [0.717, 1.165) is 0 Å². The van der Waals surface area contributed by atoms with Crippen LogP contribution in [0, 0.1) is 5.92 Å². The first-order valence-electron chi connectivity index (χ1n) is 11.3. The Kier molecular flexibility index (Phi) is 6.81. The van der Waals surface area contributed by atoms with Crippen LogP contribution in [0.25, 0.3) is 11.1 Å². The highest BCUT2D eigenvalue weighted by Crippen LogP contribution is 2.28. The highest BCUT2D eigenvalue weighted by atomic mass is 32.2. The quantitative estimate of drug-likeness (QED) is 0.545. The number of sulfonamides is 1. The second-order valence-corrected chi connectivity index (χ2v) is 10.7. The van der Waals surface area contributed by atoms with Crippen molar-refractivity contribution in [2.45, 2.75) is 44.0 Å². The van der Waals surface area contributed by atoms with Gasteiger partial charge in [-0.1, -0.05) is 0 Å². The van der Waals surface area contributed by atoms with E-state index in [1.165, 1.54) is 21.0 Å². The van der Waals surface area contributed by atoms with E-state index in [4.69, 9.17) is 9.15 Å². The highest BCUT2D eigenvalue weighted by molar-refractivity contribution is 7.89. The van der Waals surface area contributed by atoms with E-state index in [0.29, 0.717) is 49.3 Å². The summed E-state index contributed by atoms with van der Waals surface area (Å²) in [5, 5.41) is 2.87. The molecule has 9 nitrogen and oxygen atoms in total. The molecule has 1 saturated heterocycles. The van der Waals surface area contributed by atoms with Crippen LogP contribution >= 0.6 is 0 Å². The van der Waals surface area contributed by atoms with Gasteiger partial charge in [-0.25, -0.2) is 13.2 Å². The number of anilines is 1. The van der Waals surface area contributed by atoms with Gasteiger partial charge in [-0.3, -0.25) is 9.36 Å². The number of benzene rings is 2. The van der Waals surface area contributed by atoms with E-state index in [9.17, 15) is 18.0 Å². The Labute approximate surface area is 198 Å². The lowest BCUT2D eigenvalue weighted by atomic mass is 9.94. The van der Waals surface area contributed by atoms with Crippen LogP contribution in [0.4, 0.5) is 5.69 Å². The Bertz CT molecular complexity index is 1330. The standard InChI is InChI=1S/C24H29N3O6S/c1-16(2)27-21-9-8-20(15-22(21)33-24(27)29)34(30,31)26-12-10-17(11-13-26)14-23(28)25-18-4-6-19(32-3)7-5-18/h4-9,15-17H,10-14H2,1-3H3,(H,25,28). The molecule has 0 unspecified atom stereocenters. The number of hydrogen-bond donors (Lipinski definition) is 1. The number of nitrogens with one attached hydrogen (secondary N) is 1.